The molecule has 12 heavy (non-hydrogen) atoms. The molecule has 1 aromatic rings. The van der Waals surface area contributed by atoms with Gasteiger partial charge in [-0.1, -0.05) is 24.1 Å². The Morgan fingerprint density at radius 1 is 1.33 bits per heavy atom. The molecule has 0 atom stereocenters. The molecule has 0 spiro atoms. The first-order valence-electron chi connectivity index (χ1n) is 3.84. The van der Waals surface area contributed by atoms with Crippen LogP contribution < -0.4 is 0 Å². The predicted molar refractivity (Wildman–Crippen MR) is 56.4 cm³/mol. The molecule has 0 N–H and O–H groups in total. The number of thiol groups is 1. The molecule has 0 saturated carbocycles. The van der Waals surface area contributed by atoms with Crippen molar-refractivity contribution in [3.63, 3.8) is 0 Å². The first kappa shape index (κ1) is 9.22. The van der Waals surface area contributed by atoms with E-state index in [0.717, 1.165) is 11.1 Å². The van der Waals surface area contributed by atoms with E-state index in [9.17, 15) is 0 Å². The van der Waals surface area contributed by atoms with Crippen molar-refractivity contribution in [2.75, 3.05) is 0 Å². The van der Waals surface area contributed by atoms with Gasteiger partial charge >= 0.3 is 0 Å². The van der Waals surface area contributed by atoms with Crippen molar-refractivity contribution >= 4 is 12.6 Å². The summed E-state index contributed by atoms with van der Waals surface area (Å²) in [6.45, 7) is 4.07. The van der Waals surface area contributed by atoms with Crippen molar-refractivity contribution in [3.8, 4) is 12.3 Å². The number of hydrogen-bond donors (Lipinski definition) is 1. The van der Waals surface area contributed by atoms with E-state index in [0.29, 0.717) is 0 Å². The Kier molecular flexibility index (Phi) is 2.49. The van der Waals surface area contributed by atoms with Crippen LogP contribution in [0.5, 0.6) is 0 Å². The predicted octanol–water partition coefficient (Wildman–Crippen LogP) is 2.83. The van der Waals surface area contributed by atoms with E-state index in [1.807, 2.05) is 38.1 Å². The zero-order valence-corrected chi connectivity index (χ0v) is 8.23. The normalized spacial score (nSPS) is 10.8. The van der Waals surface area contributed by atoms with E-state index in [2.05, 4.69) is 18.5 Å². The molecule has 0 nitrogen and oxygen atoms in total. The minimum Gasteiger partial charge on any atom is -0.168 e. The second-order valence-corrected chi connectivity index (χ2v) is 4.37. The average molecular weight is 176 g/mol. The van der Waals surface area contributed by atoms with Gasteiger partial charge in [0.15, 0.2) is 0 Å². The molecular formula is C11H12S. The number of hydrogen-bond acceptors (Lipinski definition) is 1. The van der Waals surface area contributed by atoms with Gasteiger partial charge in [-0.25, -0.2) is 0 Å². The van der Waals surface area contributed by atoms with Crippen molar-refractivity contribution in [1.82, 2.24) is 0 Å². The second kappa shape index (κ2) is 3.25. The summed E-state index contributed by atoms with van der Waals surface area (Å²) in [6.07, 6.45) is 5.36. The van der Waals surface area contributed by atoms with Crippen LogP contribution in [0.2, 0.25) is 0 Å². The fourth-order valence-electron chi connectivity index (χ4n) is 1.14. The van der Waals surface area contributed by atoms with E-state index in [4.69, 9.17) is 6.42 Å². The molecule has 0 radical (unpaired) electrons. The molecule has 62 valence electrons. The molecule has 0 saturated heterocycles. The lowest BCUT2D eigenvalue weighted by atomic mass is 9.97. The smallest absolute Gasteiger partial charge is 0.0334 e. The summed E-state index contributed by atoms with van der Waals surface area (Å²) >= 11 is 4.47. The summed E-state index contributed by atoms with van der Waals surface area (Å²) in [7, 11) is 0. The number of terminal acetylenes is 1. The minimum absolute atomic E-state index is 0.164. The molecule has 1 heteroatoms. The third kappa shape index (κ3) is 1.84. The van der Waals surface area contributed by atoms with Crippen LogP contribution in [-0.2, 0) is 4.75 Å². The summed E-state index contributed by atoms with van der Waals surface area (Å²) in [5, 5.41) is 0. The highest BCUT2D eigenvalue weighted by atomic mass is 32.1. The van der Waals surface area contributed by atoms with Gasteiger partial charge in [0, 0.05) is 10.3 Å². The topological polar surface area (TPSA) is 0 Å². The van der Waals surface area contributed by atoms with Crippen LogP contribution in [0.4, 0.5) is 0 Å². The summed E-state index contributed by atoms with van der Waals surface area (Å²) in [6, 6.07) is 7.88. The lowest BCUT2D eigenvalue weighted by Crippen LogP contribution is -2.09. The number of benzene rings is 1. The van der Waals surface area contributed by atoms with E-state index in [1.54, 1.807) is 0 Å². The SMILES string of the molecule is C#Cc1ccccc1C(C)(C)S. The maximum absolute atomic E-state index is 5.36. The largest absolute Gasteiger partial charge is 0.168 e. The van der Waals surface area contributed by atoms with E-state index >= 15 is 0 Å². The molecule has 0 aliphatic carbocycles. The lowest BCUT2D eigenvalue weighted by Gasteiger charge is -2.19. The Balaban J connectivity index is 3.26. The first-order chi connectivity index (χ1) is 5.55. The first-order valence-corrected chi connectivity index (χ1v) is 4.29. The summed E-state index contributed by atoms with van der Waals surface area (Å²) < 4.78 is -0.164. The third-order valence-corrected chi connectivity index (χ3v) is 1.98. The third-order valence-electron chi connectivity index (χ3n) is 1.74. The maximum atomic E-state index is 5.36. The molecule has 0 amide bonds. The van der Waals surface area contributed by atoms with Crippen LogP contribution in [0, 0.1) is 12.3 Å². The maximum Gasteiger partial charge on any atom is 0.0334 e. The van der Waals surface area contributed by atoms with Gasteiger partial charge in [-0.2, -0.15) is 12.6 Å². The Bertz CT molecular complexity index is 313. The van der Waals surface area contributed by atoms with Gasteiger partial charge in [0.1, 0.15) is 0 Å². The summed E-state index contributed by atoms with van der Waals surface area (Å²) in [5.41, 5.74) is 2.04. The van der Waals surface area contributed by atoms with E-state index in [-0.39, 0.29) is 4.75 Å². The lowest BCUT2D eigenvalue weighted by molar-refractivity contribution is 0.788. The van der Waals surface area contributed by atoms with Crippen LogP contribution in [-0.4, -0.2) is 0 Å². The second-order valence-electron chi connectivity index (χ2n) is 3.25. The molecule has 0 aliphatic heterocycles. The highest BCUT2D eigenvalue weighted by Gasteiger charge is 2.16. The molecule has 0 aromatic heterocycles. The Morgan fingerprint density at radius 3 is 2.33 bits per heavy atom. The van der Waals surface area contributed by atoms with Crippen LogP contribution in [0.25, 0.3) is 0 Å². The quantitative estimate of drug-likeness (QED) is 0.493. The Morgan fingerprint density at radius 2 is 1.92 bits per heavy atom. The highest BCUT2D eigenvalue weighted by molar-refractivity contribution is 7.81. The van der Waals surface area contributed by atoms with Gasteiger partial charge in [0.2, 0.25) is 0 Å². The zero-order valence-electron chi connectivity index (χ0n) is 7.33. The van der Waals surface area contributed by atoms with Crippen molar-refractivity contribution in [2.24, 2.45) is 0 Å². The molecule has 1 aromatic carbocycles. The van der Waals surface area contributed by atoms with Crippen LogP contribution in [0.3, 0.4) is 0 Å². The molecule has 1 rings (SSSR count). The van der Waals surface area contributed by atoms with Crippen LogP contribution in [0.15, 0.2) is 24.3 Å². The van der Waals surface area contributed by atoms with Crippen molar-refractivity contribution in [2.45, 2.75) is 18.6 Å². The molecule has 0 aliphatic rings. The average Bonchev–Trinajstić information content (AvgIpc) is 2.03. The van der Waals surface area contributed by atoms with Gasteiger partial charge in [0.25, 0.3) is 0 Å². The number of rotatable bonds is 1. The van der Waals surface area contributed by atoms with E-state index < -0.39 is 0 Å². The standard InChI is InChI=1S/C11H12S/c1-4-9-7-5-6-8-10(9)11(2,3)12/h1,5-8,12H,2-3H3. The van der Waals surface area contributed by atoms with Crippen LogP contribution >= 0.6 is 12.6 Å². The Hall–Kier alpha value is -0.870. The molecule has 0 heterocycles. The molecule has 0 bridgehead atoms. The van der Waals surface area contributed by atoms with Crippen molar-refractivity contribution in [1.29, 1.82) is 0 Å². The summed E-state index contributed by atoms with van der Waals surface area (Å²) in [4.78, 5) is 0. The molecular weight excluding hydrogens is 164 g/mol. The monoisotopic (exact) mass is 176 g/mol. The van der Waals surface area contributed by atoms with Crippen molar-refractivity contribution in [3.05, 3.63) is 35.4 Å². The fraction of sp³-hybridized carbons (Fsp3) is 0.273. The van der Waals surface area contributed by atoms with Gasteiger partial charge < -0.3 is 0 Å². The van der Waals surface area contributed by atoms with E-state index in [1.165, 1.54) is 0 Å². The zero-order chi connectivity index (χ0) is 9.19. The van der Waals surface area contributed by atoms with Gasteiger partial charge in [-0.05, 0) is 25.5 Å². The van der Waals surface area contributed by atoms with Crippen molar-refractivity contribution < 1.29 is 0 Å². The Labute approximate surface area is 79.4 Å². The molecule has 0 unspecified atom stereocenters. The van der Waals surface area contributed by atoms with Gasteiger partial charge in [0.05, 0.1) is 0 Å². The van der Waals surface area contributed by atoms with Gasteiger partial charge in [-0.3, -0.25) is 0 Å². The van der Waals surface area contributed by atoms with Gasteiger partial charge in [-0.15, -0.1) is 6.42 Å². The highest BCUT2D eigenvalue weighted by Crippen LogP contribution is 2.29. The summed E-state index contributed by atoms with van der Waals surface area (Å²) in [5.74, 6) is 2.65. The van der Waals surface area contributed by atoms with Crippen LogP contribution in [0.1, 0.15) is 25.0 Å². The fourth-order valence-corrected chi connectivity index (χ4v) is 1.34. The molecule has 0 fully saturated rings. The minimum atomic E-state index is -0.164.